The smallest absolute Gasteiger partial charge is 0.255 e. The van der Waals surface area contributed by atoms with Crippen LogP contribution in [0.3, 0.4) is 0 Å². The second-order valence-electron chi connectivity index (χ2n) is 9.94. The third kappa shape index (κ3) is 3.37. The average Bonchev–Trinajstić information content (AvgIpc) is 3.29. The molecule has 6 heteroatoms. The first kappa shape index (κ1) is 22.9. The normalized spacial score (nSPS) is 21.6. The zero-order valence-corrected chi connectivity index (χ0v) is 21.2. The van der Waals surface area contributed by atoms with Crippen LogP contribution in [0, 0.1) is 0 Å². The van der Waals surface area contributed by atoms with Gasteiger partial charge in [-0.1, -0.05) is 79.2 Å². The SMILES string of the molecule is CCc1ccc([C@@H]2CN3C(=O)CN(Cc4ccccc4Cl)C(=O)[C@]3(C)c3[nH]c4ccccc4c32)cc1. The quantitative estimate of drug-likeness (QED) is 0.398. The fraction of sp³-hybridized carbons (Fsp3) is 0.267. The topological polar surface area (TPSA) is 56.4 Å². The number of piperazine rings is 1. The van der Waals surface area contributed by atoms with Gasteiger partial charge < -0.3 is 14.8 Å². The predicted octanol–water partition coefficient (Wildman–Crippen LogP) is 5.62. The van der Waals surface area contributed by atoms with Gasteiger partial charge in [-0.3, -0.25) is 9.59 Å². The van der Waals surface area contributed by atoms with Gasteiger partial charge in [-0.15, -0.1) is 0 Å². The first-order valence-corrected chi connectivity index (χ1v) is 12.8. The van der Waals surface area contributed by atoms with Gasteiger partial charge in [0.1, 0.15) is 6.54 Å². The Balaban J connectivity index is 1.50. The molecule has 3 heterocycles. The number of carbonyl (C=O) groups is 2. The van der Waals surface area contributed by atoms with E-state index in [1.165, 1.54) is 5.56 Å². The predicted molar refractivity (Wildman–Crippen MR) is 142 cm³/mol. The fourth-order valence-electron chi connectivity index (χ4n) is 5.92. The van der Waals surface area contributed by atoms with Crippen LogP contribution in [-0.2, 0) is 28.1 Å². The van der Waals surface area contributed by atoms with Crippen LogP contribution in [0.1, 0.15) is 47.7 Å². The van der Waals surface area contributed by atoms with Crippen molar-refractivity contribution in [2.24, 2.45) is 0 Å². The molecule has 2 aliphatic rings. The molecule has 0 aliphatic carbocycles. The number of nitrogens with zero attached hydrogens (tertiary/aromatic N) is 2. The minimum Gasteiger partial charge on any atom is -0.356 e. The van der Waals surface area contributed by atoms with Crippen LogP contribution in [0.15, 0.2) is 72.8 Å². The standard InChI is InChI=1S/C30H28ClN3O2/c1-3-19-12-14-20(15-13-19)23-17-34-26(35)18-33(16-21-8-4-6-10-24(21)31)29(36)30(34,2)28-27(23)22-9-5-7-11-25(22)32-28/h4-15,23,32H,3,16-18H2,1-2H3/t23-,30-/m0/s1. The highest BCUT2D eigenvalue weighted by Gasteiger charge is 2.56. The maximum atomic E-state index is 14.2. The summed E-state index contributed by atoms with van der Waals surface area (Å²) in [5.74, 6) is -0.166. The molecule has 0 spiro atoms. The summed E-state index contributed by atoms with van der Waals surface area (Å²) in [5.41, 5.74) is 5.03. The minimum absolute atomic E-state index is 0.0259. The van der Waals surface area contributed by atoms with E-state index in [1.54, 1.807) is 9.80 Å². The summed E-state index contributed by atoms with van der Waals surface area (Å²) in [5, 5.41) is 1.69. The molecule has 0 radical (unpaired) electrons. The number of H-pyrrole nitrogens is 1. The van der Waals surface area contributed by atoms with Crippen molar-refractivity contribution in [1.82, 2.24) is 14.8 Å². The Kier molecular flexibility index (Phi) is 5.41. The fourth-order valence-corrected chi connectivity index (χ4v) is 6.12. The van der Waals surface area contributed by atoms with Crippen molar-refractivity contribution in [3.8, 4) is 0 Å². The van der Waals surface area contributed by atoms with Gasteiger partial charge in [0.05, 0.1) is 5.69 Å². The lowest BCUT2D eigenvalue weighted by molar-refractivity contribution is -0.166. The maximum absolute atomic E-state index is 14.2. The van der Waals surface area contributed by atoms with Gasteiger partial charge in [0.15, 0.2) is 5.54 Å². The molecule has 4 aromatic rings. The number of aryl methyl sites for hydroxylation is 1. The molecule has 2 aliphatic heterocycles. The average molecular weight is 498 g/mol. The Hall–Kier alpha value is -3.57. The summed E-state index contributed by atoms with van der Waals surface area (Å²) in [6, 6.07) is 24.3. The number of rotatable bonds is 4. The van der Waals surface area contributed by atoms with Crippen LogP contribution in [0.4, 0.5) is 0 Å². The molecule has 0 saturated carbocycles. The molecular formula is C30H28ClN3O2. The summed E-state index contributed by atoms with van der Waals surface area (Å²) in [7, 11) is 0. The largest absolute Gasteiger partial charge is 0.356 e. The molecule has 1 aromatic heterocycles. The lowest BCUT2D eigenvalue weighted by atomic mass is 9.76. The van der Waals surface area contributed by atoms with E-state index in [1.807, 2.05) is 49.4 Å². The second kappa shape index (κ2) is 8.52. The Morgan fingerprint density at radius 1 is 1.00 bits per heavy atom. The number of benzene rings is 3. The molecule has 2 amide bonds. The Labute approximate surface area is 215 Å². The van der Waals surface area contributed by atoms with Crippen LogP contribution in [-0.4, -0.2) is 39.7 Å². The van der Waals surface area contributed by atoms with Gasteiger partial charge in [-0.25, -0.2) is 0 Å². The van der Waals surface area contributed by atoms with Gasteiger partial charge in [0.2, 0.25) is 5.91 Å². The Bertz CT molecular complexity index is 1490. The van der Waals surface area contributed by atoms with Crippen LogP contribution in [0.2, 0.25) is 5.02 Å². The first-order valence-electron chi connectivity index (χ1n) is 12.4. The molecule has 1 N–H and O–H groups in total. The number of hydrogen-bond donors (Lipinski definition) is 1. The maximum Gasteiger partial charge on any atom is 0.255 e. The molecule has 182 valence electrons. The third-order valence-electron chi connectivity index (χ3n) is 7.93. The highest BCUT2D eigenvalue weighted by Crippen LogP contribution is 2.48. The number of fused-ring (bicyclic) bond motifs is 5. The Morgan fingerprint density at radius 3 is 2.47 bits per heavy atom. The van der Waals surface area contributed by atoms with Gasteiger partial charge in [-0.2, -0.15) is 0 Å². The van der Waals surface area contributed by atoms with E-state index < -0.39 is 5.54 Å². The van der Waals surface area contributed by atoms with Crippen LogP contribution >= 0.6 is 11.6 Å². The number of amides is 2. The third-order valence-corrected chi connectivity index (χ3v) is 8.30. The van der Waals surface area contributed by atoms with Gasteiger partial charge in [-0.05, 0) is 47.7 Å². The van der Waals surface area contributed by atoms with E-state index in [2.05, 4.69) is 42.2 Å². The van der Waals surface area contributed by atoms with Gasteiger partial charge >= 0.3 is 0 Å². The monoisotopic (exact) mass is 497 g/mol. The number of halogens is 1. The summed E-state index contributed by atoms with van der Waals surface area (Å²) in [6.07, 6.45) is 0.974. The van der Waals surface area contributed by atoms with Gasteiger partial charge in [0, 0.05) is 34.9 Å². The number of aromatic amines is 1. The molecule has 6 rings (SSSR count). The number of aromatic nitrogens is 1. The lowest BCUT2D eigenvalue weighted by Gasteiger charge is -2.51. The van der Waals surface area contributed by atoms with Crippen molar-refractivity contribution in [2.45, 2.75) is 38.3 Å². The first-order chi connectivity index (χ1) is 17.4. The number of nitrogens with one attached hydrogen (secondary N) is 1. The summed E-state index contributed by atoms with van der Waals surface area (Å²) in [4.78, 5) is 34.8. The molecule has 36 heavy (non-hydrogen) atoms. The van der Waals surface area contributed by atoms with Crippen molar-refractivity contribution < 1.29 is 9.59 Å². The number of hydrogen-bond acceptors (Lipinski definition) is 2. The van der Waals surface area contributed by atoms with E-state index in [-0.39, 0.29) is 24.3 Å². The van der Waals surface area contributed by atoms with E-state index in [4.69, 9.17) is 11.6 Å². The zero-order valence-electron chi connectivity index (χ0n) is 20.4. The highest BCUT2D eigenvalue weighted by atomic mass is 35.5. The number of para-hydroxylation sites is 1. The van der Waals surface area contributed by atoms with Crippen molar-refractivity contribution >= 4 is 34.3 Å². The van der Waals surface area contributed by atoms with E-state index in [9.17, 15) is 9.59 Å². The van der Waals surface area contributed by atoms with Crippen LogP contribution < -0.4 is 0 Å². The van der Waals surface area contributed by atoms with Crippen molar-refractivity contribution in [1.29, 1.82) is 0 Å². The van der Waals surface area contributed by atoms with E-state index >= 15 is 0 Å². The van der Waals surface area contributed by atoms with Crippen molar-refractivity contribution in [3.63, 3.8) is 0 Å². The van der Waals surface area contributed by atoms with Gasteiger partial charge in [0.25, 0.3) is 5.91 Å². The molecule has 2 atom stereocenters. The highest BCUT2D eigenvalue weighted by molar-refractivity contribution is 6.31. The molecule has 1 saturated heterocycles. The summed E-state index contributed by atoms with van der Waals surface area (Å²) >= 11 is 6.40. The second-order valence-corrected chi connectivity index (χ2v) is 10.3. The molecule has 0 bridgehead atoms. The molecule has 0 unspecified atom stereocenters. The van der Waals surface area contributed by atoms with E-state index in [0.29, 0.717) is 18.1 Å². The Morgan fingerprint density at radius 2 is 1.72 bits per heavy atom. The number of carbonyl (C=O) groups excluding carboxylic acids is 2. The summed E-state index contributed by atoms with van der Waals surface area (Å²) in [6.45, 7) is 4.82. The molecule has 1 fully saturated rings. The molecular weight excluding hydrogens is 470 g/mol. The minimum atomic E-state index is -1.12. The van der Waals surface area contributed by atoms with Crippen molar-refractivity contribution in [3.05, 3.63) is 106 Å². The lowest BCUT2D eigenvalue weighted by Crippen LogP contribution is -2.67. The molecule has 5 nitrogen and oxygen atoms in total. The van der Waals surface area contributed by atoms with Crippen LogP contribution in [0.25, 0.3) is 10.9 Å². The van der Waals surface area contributed by atoms with Crippen LogP contribution in [0.5, 0.6) is 0 Å². The summed E-state index contributed by atoms with van der Waals surface area (Å²) < 4.78 is 0. The van der Waals surface area contributed by atoms with Crippen molar-refractivity contribution in [2.75, 3.05) is 13.1 Å². The zero-order chi connectivity index (χ0) is 25.0. The molecule has 3 aromatic carbocycles. The van der Waals surface area contributed by atoms with E-state index in [0.717, 1.165) is 39.7 Å².